The molecule has 3 atom stereocenters. The van der Waals surface area contributed by atoms with Gasteiger partial charge in [-0.3, -0.25) is 14.3 Å². The van der Waals surface area contributed by atoms with E-state index in [2.05, 4.69) is 15.0 Å². The number of nitrogens with two attached hydrogens (primary N) is 1. The number of nitrogens with zero attached hydrogens (tertiary/aromatic N) is 3. The normalized spacial score (nSPS) is 15.4. The van der Waals surface area contributed by atoms with Gasteiger partial charge in [0.25, 0.3) is 5.56 Å². The minimum atomic E-state index is -1.98. The van der Waals surface area contributed by atoms with Crippen molar-refractivity contribution in [2.75, 3.05) is 12.3 Å². The van der Waals surface area contributed by atoms with Crippen molar-refractivity contribution in [3.8, 4) is 12.3 Å². The molecule has 2 heterocycles. The van der Waals surface area contributed by atoms with E-state index in [9.17, 15) is 14.3 Å². The largest absolute Gasteiger partial charge is 0.394 e. The zero-order chi connectivity index (χ0) is 16.3. The van der Waals surface area contributed by atoms with Crippen molar-refractivity contribution in [3.05, 3.63) is 16.7 Å². The molecular formula is C12H14FN5O4. The number of hydrogen-bond donors (Lipinski definition) is 4. The van der Waals surface area contributed by atoms with Crippen LogP contribution in [0.4, 0.5) is 10.3 Å². The first kappa shape index (κ1) is 15.9. The molecule has 118 valence electrons. The fourth-order valence-corrected chi connectivity index (χ4v) is 1.79. The summed E-state index contributed by atoms with van der Waals surface area (Å²) in [7, 11) is 0. The van der Waals surface area contributed by atoms with E-state index < -0.39 is 30.5 Å². The van der Waals surface area contributed by atoms with E-state index in [0.717, 1.165) is 0 Å². The average molecular weight is 311 g/mol. The Morgan fingerprint density at radius 2 is 2.36 bits per heavy atom. The Bertz CT molecular complexity index is 752. The summed E-state index contributed by atoms with van der Waals surface area (Å²) < 4.78 is 19.7. The lowest BCUT2D eigenvalue weighted by Gasteiger charge is -2.22. The van der Waals surface area contributed by atoms with Gasteiger partial charge in [0.1, 0.15) is 18.9 Å². The summed E-state index contributed by atoms with van der Waals surface area (Å²) in [5.74, 6) is 1.61. The summed E-state index contributed by atoms with van der Waals surface area (Å²) in [6, 6.07) is 0. The van der Waals surface area contributed by atoms with Gasteiger partial charge in [-0.2, -0.15) is 4.98 Å². The molecule has 0 saturated heterocycles. The van der Waals surface area contributed by atoms with Crippen molar-refractivity contribution < 1.29 is 19.3 Å². The number of anilines is 1. The molecule has 9 nitrogen and oxygen atoms in total. The number of rotatable bonds is 6. The highest BCUT2D eigenvalue weighted by molar-refractivity contribution is 5.70. The van der Waals surface area contributed by atoms with Gasteiger partial charge in [0.05, 0.1) is 12.9 Å². The number of aromatic nitrogens is 4. The number of imidazole rings is 1. The maximum absolute atomic E-state index is 13.2. The standard InChI is InChI=1S/C12H14FN5O4/c1-2-6(13)9(20)7(3-19)22-5-18-4-15-8-10(18)16-12(14)17-11(8)21/h1,4,6-7,9,19-20H,3,5H2,(H3,14,16,17,21)/t6?,7-,9?/m1/s1. The Morgan fingerprint density at radius 3 is 3.00 bits per heavy atom. The second kappa shape index (κ2) is 6.52. The van der Waals surface area contributed by atoms with Crippen LogP contribution in [-0.4, -0.2) is 54.7 Å². The smallest absolute Gasteiger partial charge is 0.280 e. The van der Waals surface area contributed by atoms with Gasteiger partial charge in [0, 0.05) is 0 Å². The molecule has 0 radical (unpaired) electrons. The van der Waals surface area contributed by atoms with E-state index in [1.165, 1.54) is 10.9 Å². The van der Waals surface area contributed by atoms with Crippen molar-refractivity contribution in [2.24, 2.45) is 0 Å². The Balaban J connectivity index is 2.18. The van der Waals surface area contributed by atoms with Gasteiger partial charge in [0.15, 0.2) is 17.3 Å². The minimum absolute atomic E-state index is 0.0471. The van der Waals surface area contributed by atoms with Crippen LogP contribution < -0.4 is 11.3 Å². The summed E-state index contributed by atoms with van der Waals surface area (Å²) in [5, 5.41) is 18.7. The van der Waals surface area contributed by atoms with Crippen molar-refractivity contribution in [2.45, 2.75) is 25.1 Å². The quantitative estimate of drug-likeness (QED) is 0.470. The van der Waals surface area contributed by atoms with Crippen LogP contribution in [0.2, 0.25) is 0 Å². The predicted octanol–water partition coefficient (Wildman–Crippen LogP) is -1.63. The zero-order valence-corrected chi connectivity index (χ0v) is 11.3. The first-order valence-corrected chi connectivity index (χ1v) is 6.19. The highest BCUT2D eigenvalue weighted by Gasteiger charge is 2.27. The first-order chi connectivity index (χ1) is 10.5. The molecule has 2 aromatic rings. The number of aliphatic hydroxyl groups excluding tert-OH is 2. The SMILES string of the molecule is C#CC(F)C(O)[C@@H](CO)OCn1cnc2c(=O)[nH]c(N)nc21. The van der Waals surface area contributed by atoms with E-state index in [4.69, 9.17) is 22.0 Å². The van der Waals surface area contributed by atoms with Crippen LogP contribution >= 0.6 is 0 Å². The zero-order valence-electron chi connectivity index (χ0n) is 11.3. The lowest BCUT2D eigenvalue weighted by Crippen LogP contribution is -2.39. The monoisotopic (exact) mass is 311 g/mol. The highest BCUT2D eigenvalue weighted by atomic mass is 19.1. The second-order valence-corrected chi connectivity index (χ2v) is 4.41. The van der Waals surface area contributed by atoms with Gasteiger partial charge in [-0.15, -0.1) is 6.42 Å². The Labute approximate surface area is 123 Å². The number of ether oxygens (including phenoxy) is 1. The number of halogens is 1. The third-order valence-electron chi connectivity index (χ3n) is 2.94. The molecule has 0 aliphatic carbocycles. The Hall–Kier alpha value is -2.48. The van der Waals surface area contributed by atoms with E-state index in [1.807, 2.05) is 0 Å². The number of alkyl halides is 1. The number of hydrogen-bond acceptors (Lipinski definition) is 7. The van der Waals surface area contributed by atoms with Gasteiger partial charge in [0.2, 0.25) is 5.95 Å². The summed E-state index contributed by atoms with van der Waals surface area (Å²) in [4.78, 5) is 21.6. The number of aliphatic hydroxyl groups is 2. The lowest BCUT2D eigenvalue weighted by molar-refractivity contribution is -0.101. The summed E-state index contributed by atoms with van der Waals surface area (Å²) in [5.41, 5.74) is 5.12. The number of terminal acetylenes is 1. The lowest BCUT2D eigenvalue weighted by atomic mass is 10.1. The van der Waals surface area contributed by atoms with Crippen LogP contribution in [0.25, 0.3) is 11.2 Å². The molecule has 2 aromatic heterocycles. The van der Waals surface area contributed by atoms with Crippen molar-refractivity contribution in [3.63, 3.8) is 0 Å². The van der Waals surface area contributed by atoms with E-state index in [1.54, 1.807) is 5.92 Å². The first-order valence-electron chi connectivity index (χ1n) is 6.19. The topological polar surface area (TPSA) is 139 Å². The van der Waals surface area contributed by atoms with Crippen LogP contribution in [0.3, 0.4) is 0 Å². The average Bonchev–Trinajstić information content (AvgIpc) is 2.90. The van der Waals surface area contributed by atoms with Crippen LogP contribution in [-0.2, 0) is 11.5 Å². The molecule has 0 amide bonds. The molecule has 5 N–H and O–H groups in total. The van der Waals surface area contributed by atoms with Gasteiger partial charge >= 0.3 is 0 Å². The fourth-order valence-electron chi connectivity index (χ4n) is 1.79. The number of H-pyrrole nitrogens is 1. The molecule has 0 aliphatic heterocycles. The van der Waals surface area contributed by atoms with Crippen molar-refractivity contribution in [1.82, 2.24) is 19.5 Å². The molecule has 2 unspecified atom stereocenters. The molecular weight excluding hydrogens is 297 g/mol. The molecule has 2 rings (SSSR count). The summed E-state index contributed by atoms with van der Waals surface area (Å²) in [6.07, 6.45) is 1.22. The summed E-state index contributed by atoms with van der Waals surface area (Å²) in [6.45, 7) is -0.891. The maximum atomic E-state index is 13.2. The van der Waals surface area contributed by atoms with E-state index in [0.29, 0.717) is 0 Å². The molecule has 22 heavy (non-hydrogen) atoms. The molecule has 0 saturated carbocycles. The van der Waals surface area contributed by atoms with Crippen molar-refractivity contribution >= 4 is 17.1 Å². The van der Waals surface area contributed by atoms with Crippen LogP contribution in [0.15, 0.2) is 11.1 Å². The van der Waals surface area contributed by atoms with Crippen LogP contribution in [0.1, 0.15) is 0 Å². The third-order valence-corrected chi connectivity index (χ3v) is 2.94. The number of fused-ring (bicyclic) bond motifs is 1. The van der Waals surface area contributed by atoms with E-state index >= 15 is 0 Å². The van der Waals surface area contributed by atoms with Crippen molar-refractivity contribution in [1.29, 1.82) is 0 Å². The minimum Gasteiger partial charge on any atom is -0.394 e. The summed E-state index contributed by atoms with van der Waals surface area (Å²) >= 11 is 0. The number of nitrogen functional groups attached to an aromatic ring is 1. The maximum Gasteiger partial charge on any atom is 0.280 e. The van der Waals surface area contributed by atoms with Gasteiger partial charge < -0.3 is 20.7 Å². The van der Waals surface area contributed by atoms with E-state index in [-0.39, 0.29) is 23.8 Å². The Morgan fingerprint density at radius 1 is 1.64 bits per heavy atom. The second-order valence-electron chi connectivity index (χ2n) is 4.41. The predicted molar refractivity (Wildman–Crippen MR) is 74.3 cm³/mol. The third kappa shape index (κ3) is 3.06. The molecule has 10 heteroatoms. The molecule has 0 bridgehead atoms. The molecule has 0 spiro atoms. The number of nitrogens with one attached hydrogen (secondary N) is 1. The van der Waals surface area contributed by atoms with Crippen LogP contribution in [0.5, 0.6) is 0 Å². The Kier molecular flexibility index (Phi) is 4.71. The molecule has 0 aromatic carbocycles. The molecule has 0 aliphatic rings. The van der Waals surface area contributed by atoms with Gasteiger partial charge in [-0.1, -0.05) is 5.92 Å². The van der Waals surface area contributed by atoms with Gasteiger partial charge in [-0.25, -0.2) is 9.37 Å². The highest BCUT2D eigenvalue weighted by Crippen LogP contribution is 2.11. The fraction of sp³-hybridized carbons (Fsp3) is 0.417. The van der Waals surface area contributed by atoms with Gasteiger partial charge in [-0.05, 0) is 0 Å². The van der Waals surface area contributed by atoms with Crippen LogP contribution in [0, 0.1) is 12.3 Å². The molecule has 0 fully saturated rings. The number of aromatic amines is 1.